The van der Waals surface area contributed by atoms with Crippen molar-refractivity contribution in [3.63, 3.8) is 0 Å². The zero-order valence-corrected chi connectivity index (χ0v) is 8.98. The van der Waals surface area contributed by atoms with E-state index in [0.29, 0.717) is 5.41 Å². The van der Waals surface area contributed by atoms with E-state index in [1.807, 2.05) is 7.05 Å². The molecule has 1 saturated carbocycles. The highest BCUT2D eigenvalue weighted by atomic mass is 14.8. The van der Waals surface area contributed by atoms with Gasteiger partial charge in [-0.3, -0.25) is 0 Å². The fourth-order valence-electron chi connectivity index (χ4n) is 2.03. The quantitative estimate of drug-likeness (QED) is 0.685. The molecule has 1 heteroatoms. The lowest BCUT2D eigenvalue weighted by Gasteiger charge is -2.44. The van der Waals surface area contributed by atoms with Gasteiger partial charge in [-0.25, -0.2) is 0 Å². The van der Waals surface area contributed by atoms with Crippen molar-refractivity contribution in [2.45, 2.75) is 40.0 Å². The molecule has 0 bridgehead atoms. The topological polar surface area (TPSA) is 12.0 Å². The molecule has 1 nitrogen and oxygen atoms in total. The van der Waals surface area contributed by atoms with E-state index < -0.39 is 0 Å². The second kappa shape index (κ2) is 3.78. The summed E-state index contributed by atoms with van der Waals surface area (Å²) in [4.78, 5) is 0. The first kappa shape index (κ1) is 10.0. The summed E-state index contributed by atoms with van der Waals surface area (Å²) >= 11 is 0. The maximum Gasteiger partial charge on any atom is -0.00493 e. The summed E-state index contributed by atoms with van der Waals surface area (Å²) in [7, 11) is 2.04. The van der Waals surface area contributed by atoms with Crippen LogP contribution < -0.4 is 5.32 Å². The van der Waals surface area contributed by atoms with Gasteiger partial charge in [0.2, 0.25) is 0 Å². The van der Waals surface area contributed by atoms with Crippen molar-refractivity contribution in [1.82, 2.24) is 5.32 Å². The molecule has 72 valence electrons. The van der Waals surface area contributed by atoms with Gasteiger partial charge in [-0.05, 0) is 50.1 Å². The lowest BCUT2D eigenvalue weighted by molar-refractivity contribution is 0.0714. The van der Waals surface area contributed by atoms with Crippen LogP contribution in [0.3, 0.4) is 0 Å². The zero-order chi connectivity index (χ0) is 9.19. The summed E-state index contributed by atoms with van der Waals surface area (Å²) in [5.41, 5.74) is 0.552. The Kier molecular flexibility index (Phi) is 3.16. The fraction of sp³-hybridized carbons (Fsp3) is 1.00. The Morgan fingerprint density at radius 3 is 2.25 bits per heavy atom. The number of nitrogens with one attached hydrogen (secondary N) is 1. The van der Waals surface area contributed by atoms with Crippen LogP contribution in [0.25, 0.3) is 0 Å². The molecule has 0 saturated heterocycles. The predicted octanol–water partition coefficient (Wildman–Crippen LogP) is 2.67. The van der Waals surface area contributed by atoms with Gasteiger partial charge in [0.15, 0.2) is 0 Å². The third-order valence-corrected chi connectivity index (χ3v) is 3.26. The van der Waals surface area contributed by atoms with Gasteiger partial charge in [-0.15, -0.1) is 0 Å². The molecule has 1 aliphatic rings. The van der Waals surface area contributed by atoms with Gasteiger partial charge in [0, 0.05) is 0 Å². The minimum Gasteiger partial charge on any atom is -0.320 e. The molecule has 0 radical (unpaired) electrons. The van der Waals surface area contributed by atoms with Crippen LogP contribution in [-0.4, -0.2) is 13.6 Å². The number of hydrogen-bond acceptors (Lipinski definition) is 1. The molecule has 0 aromatic heterocycles. The first-order chi connectivity index (χ1) is 5.54. The van der Waals surface area contributed by atoms with Crippen molar-refractivity contribution in [3.05, 3.63) is 0 Å². The van der Waals surface area contributed by atoms with E-state index in [4.69, 9.17) is 0 Å². The minimum atomic E-state index is 0.552. The normalized spacial score (nSPS) is 30.0. The van der Waals surface area contributed by atoms with Crippen LogP contribution in [0.15, 0.2) is 0 Å². The average molecular weight is 169 g/mol. The fourth-order valence-corrected chi connectivity index (χ4v) is 2.03. The largest absolute Gasteiger partial charge is 0.320 e. The summed E-state index contributed by atoms with van der Waals surface area (Å²) in [5.74, 6) is 2.00. The molecule has 0 aromatic rings. The van der Waals surface area contributed by atoms with Gasteiger partial charge in [0.05, 0.1) is 0 Å². The molecule has 0 unspecified atom stereocenters. The molecule has 0 amide bonds. The average Bonchev–Trinajstić information content (AvgIpc) is 1.81. The van der Waals surface area contributed by atoms with E-state index in [9.17, 15) is 0 Å². The highest BCUT2D eigenvalue weighted by Gasteiger charge is 2.36. The van der Waals surface area contributed by atoms with E-state index in [0.717, 1.165) is 11.8 Å². The van der Waals surface area contributed by atoms with Crippen LogP contribution in [0.2, 0.25) is 0 Å². The smallest absolute Gasteiger partial charge is 0.00493 e. The van der Waals surface area contributed by atoms with Crippen molar-refractivity contribution < 1.29 is 0 Å². The molecule has 0 heterocycles. The van der Waals surface area contributed by atoms with Gasteiger partial charge in [0.25, 0.3) is 0 Å². The van der Waals surface area contributed by atoms with Gasteiger partial charge in [-0.2, -0.15) is 0 Å². The lowest BCUT2D eigenvalue weighted by Crippen LogP contribution is -2.35. The maximum absolute atomic E-state index is 3.22. The Balaban J connectivity index is 2.12. The summed E-state index contributed by atoms with van der Waals surface area (Å²) in [6.45, 7) is 8.30. The molecule has 1 N–H and O–H groups in total. The molecule has 0 atom stereocenters. The van der Waals surface area contributed by atoms with E-state index in [1.54, 1.807) is 0 Å². The Morgan fingerprint density at radius 2 is 1.83 bits per heavy atom. The monoisotopic (exact) mass is 169 g/mol. The molecule has 0 aromatic carbocycles. The molecule has 0 spiro atoms. The molecular formula is C11H23N. The van der Waals surface area contributed by atoms with Crippen molar-refractivity contribution in [1.29, 1.82) is 0 Å². The lowest BCUT2D eigenvalue weighted by atomic mass is 9.62. The van der Waals surface area contributed by atoms with Crippen molar-refractivity contribution in [3.8, 4) is 0 Å². The predicted molar refractivity (Wildman–Crippen MR) is 54.2 cm³/mol. The van der Waals surface area contributed by atoms with E-state index >= 15 is 0 Å². The summed E-state index contributed by atoms with van der Waals surface area (Å²) in [5, 5.41) is 3.22. The van der Waals surface area contributed by atoms with Gasteiger partial charge < -0.3 is 5.32 Å². The van der Waals surface area contributed by atoms with Crippen molar-refractivity contribution in [2.75, 3.05) is 13.6 Å². The van der Waals surface area contributed by atoms with Crippen molar-refractivity contribution in [2.24, 2.45) is 17.3 Å². The second-order valence-corrected chi connectivity index (χ2v) is 5.29. The first-order valence-electron chi connectivity index (χ1n) is 5.18. The Bertz CT molecular complexity index is 128. The Hall–Kier alpha value is -0.0400. The summed E-state index contributed by atoms with van der Waals surface area (Å²) in [6.07, 6.45) is 4.30. The number of hydrogen-bond donors (Lipinski definition) is 1. The van der Waals surface area contributed by atoms with E-state index in [1.165, 1.54) is 25.8 Å². The third kappa shape index (κ3) is 2.48. The molecule has 12 heavy (non-hydrogen) atoms. The Labute approximate surface area is 76.9 Å². The van der Waals surface area contributed by atoms with Crippen LogP contribution in [0.4, 0.5) is 0 Å². The molecule has 1 aliphatic carbocycles. The summed E-state index contributed by atoms with van der Waals surface area (Å²) < 4.78 is 0. The molecular weight excluding hydrogens is 146 g/mol. The number of rotatable bonds is 3. The van der Waals surface area contributed by atoms with Crippen LogP contribution in [0, 0.1) is 17.3 Å². The van der Waals surface area contributed by atoms with Gasteiger partial charge in [-0.1, -0.05) is 20.8 Å². The third-order valence-electron chi connectivity index (χ3n) is 3.26. The van der Waals surface area contributed by atoms with Crippen LogP contribution in [0.1, 0.15) is 40.0 Å². The minimum absolute atomic E-state index is 0.552. The van der Waals surface area contributed by atoms with E-state index in [-0.39, 0.29) is 0 Å². The molecule has 0 aliphatic heterocycles. The summed E-state index contributed by atoms with van der Waals surface area (Å²) in [6, 6.07) is 0. The SMILES string of the molecule is CNCCC1CC(C(C)(C)C)C1. The molecule has 1 fully saturated rings. The van der Waals surface area contributed by atoms with Crippen LogP contribution in [-0.2, 0) is 0 Å². The van der Waals surface area contributed by atoms with Gasteiger partial charge >= 0.3 is 0 Å². The highest BCUT2D eigenvalue weighted by Crippen LogP contribution is 2.46. The van der Waals surface area contributed by atoms with Crippen molar-refractivity contribution >= 4 is 0 Å². The maximum atomic E-state index is 3.22. The Morgan fingerprint density at radius 1 is 1.25 bits per heavy atom. The standard InChI is InChI=1S/C11H23N/c1-11(2,3)10-7-9(8-10)5-6-12-4/h9-10,12H,5-8H2,1-4H3. The van der Waals surface area contributed by atoms with E-state index in [2.05, 4.69) is 26.1 Å². The zero-order valence-electron chi connectivity index (χ0n) is 8.98. The van der Waals surface area contributed by atoms with Gasteiger partial charge in [0.1, 0.15) is 0 Å². The molecule has 1 rings (SSSR count). The second-order valence-electron chi connectivity index (χ2n) is 5.29. The van der Waals surface area contributed by atoms with Crippen LogP contribution >= 0.6 is 0 Å². The van der Waals surface area contributed by atoms with Crippen LogP contribution in [0.5, 0.6) is 0 Å². The highest BCUT2D eigenvalue weighted by molar-refractivity contribution is 4.87. The first-order valence-corrected chi connectivity index (χ1v) is 5.18.